The smallest absolute Gasteiger partial charge is 0.407 e. The highest BCUT2D eigenvalue weighted by molar-refractivity contribution is 7.14. The number of amides is 2. The lowest BCUT2D eigenvalue weighted by Gasteiger charge is -2.35. The first kappa shape index (κ1) is 20.5. The van der Waals surface area contributed by atoms with Gasteiger partial charge in [-0.3, -0.25) is 14.9 Å². The van der Waals surface area contributed by atoms with Gasteiger partial charge in [-0.15, -0.1) is 11.3 Å². The fourth-order valence-corrected chi connectivity index (χ4v) is 3.30. The minimum absolute atomic E-state index is 0.0248. The Morgan fingerprint density at radius 2 is 1.97 bits per heavy atom. The largest absolute Gasteiger partial charge is 0.445 e. The number of hydrogen-bond donors (Lipinski definition) is 3. The van der Waals surface area contributed by atoms with Gasteiger partial charge in [0.25, 0.3) is 11.6 Å². The van der Waals surface area contributed by atoms with Crippen LogP contribution in [0.2, 0.25) is 0 Å². The predicted octanol–water partition coefficient (Wildman–Crippen LogP) is 0.888. The minimum atomic E-state index is -0.662. The molecule has 0 unspecified atom stereocenters. The van der Waals surface area contributed by atoms with E-state index in [0.29, 0.717) is 23.8 Å². The van der Waals surface area contributed by atoms with Gasteiger partial charge in [0.1, 0.15) is 12.3 Å². The van der Waals surface area contributed by atoms with Crippen LogP contribution in [0.25, 0.3) is 0 Å². The summed E-state index contributed by atoms with van der Waals surface area (Å²) in [6.45, 7) is 1.37. The van der Waals surface area contributed by atoms with E-state index in [1.807, 2.05) is 4.90 Å². The first-order chi connectivity index (χ1) is 13.9. The highest BCUT2D eigenvalue weighted by Crippen LogP contribution is 2.24. The molecule has 29 heavy (non-hydrogen) atoms. The molecule has 1 aromatic carbocycles. The number of anilines is 1. The normalized spacial score (nSPS) is 13.5. The highest BCUT2D eigenvalue weighted by atomic mass is 32.1. The summed E-state index contributed by atoms with van der Waals surface area (Å²) in [6.07, 6.45) is -1.01. The number of rotatable bonds is 8. The van der Waals surface area contributed by atoms with E-state index in [2.05, 4.69) is 15.6 Å². The quantitative estimate of drug-likeness (QED) is 0.323. The summed E-state index contributed by atoms with van der Waals surface area (Å²) in [5, 5.41) is 27.4. The number of carbonyl (C=O) groups is 2. The number of thiazole rings is 1. The molecular formula is C17H19N5O6S. The van der Waals surface area contributed by atoms with Crippen molar-refractivity contribution in [1.82, 2.24) is 15.6 Å². The van der Waals surface area contributed by atoms with Gasteiger partial charge in [-0.2, -0.15) is 0 Å². The van der Waals surface area contributed by atoms with Crippen molar-refractivity contribution < 1.29 is 24.4 Å². The molecule has 0 spiro atoms. The van der Waals surface area contributed by atoms with Crippen molar-refractivity contribution in [3.05, 3.63) is 51.0 Å². The van der Waals surface area contributed by atoms with E-state index in [4.69, 9.17) is 4.74 Å². The van der Waals surface area contributed by atoms with Gasteiger partial charge in [-0.05, 0) is 17.7 Å². The second-order valence-corrected chi connectivity index (χ2v) is 7.09. The van der Waals surface area contributed by atoms with Crippen LogP contribution in [0, 0.1) is 10.1 Å². The van der Waals surface area contributed by atoms with Gasteiger partial charge in [0.2, 0.25) is 0 Å². The van der Waals surface area contributed by atoms with Gasteiger partial charge in [-0.25, -0.2) is 9.78 Å². The highest BCUT2D eigenvalue weighted by Gasteiger charge is 2.27. The van der Waals surface area contributed by atoms with Crippen molar-refractivity contribution in [2.24, 2.45) is 0 Å². The Hall–Kier alpha value is -3.25. The Labute approximate surface area is 169 Å². The van der Waals surface area contributed by atoms with Crippen molar-refractivity contribution in [1.29, 1.82) is 0 Å². The lowest BCUT2D eigenvalue weighted by molar-refractivity contribution is -0.384. The third-order valence-corrected chi connectivity index (χ3v) is 4.96. The van der Waals surface area contributed by atoms with E-state index in [0.717, 1.165) is 0 Å². The molecule has 1 aromatic heterocycles. The van der Waals surface area contributed by atoms with Crippen LogP contribution in [-0.4, -0.2) is 59.3 Å². The van der Waals surface area contributed by atoms with Crippen molar-refractivity contribution in [3.63, 3.8) is 0 Å². The van der Waals surface area contributed by atoms with E-state index >= 15 is 0 Å². The van der Waals surface area contributed by atoms with Gasteiger partial charge in [-0.1, -0.05) is 0 Å². The van der Waals surface area contributed by atoms with Crippen molar-refractivity contribution >= 4 is 34.2 Å². The van der Waals surface area contributed by atoms with Gasteiger partial charge < -0.3 is 25.4 Å². The van der Waals surface area contributed by atoms with Crippen LogP contribution in [0.4, 0.5) is 15.6 Å². The third kappa shape index (κ3) is 5.62. The molecule has 2 amide bonds. The van der Waals surface area contributed by atoms with Gasteiger partial charge >= 0.3 is 6.09 Å². The zero-order chi connectivity index (χ0) is 20.8. The zero-order valence-corrected chi connectivity index (χ0v) is 16.1. The van der Waals surface area contributed by atoms with E-state index in [1.165, 1.54) is 35.6 Å². The molecule has 0 radical (unpaired) electrons. The van der Waals surface area contributed by atoms with E-state index in [-0.39, 0.29) is 43.1 Å². The number of nitro groups is 1. The number of β-amino-alcohol motifs (C(OH)–C–C–N with tert-alkyl or cyclic N) is 1. The number of nitro benzene ring substituents is 1. The van der Waals surface area contributed by atoms with Crippen molar-refractivity contribution in [2.45, 2.75) is 12.7 Å². The molecule has 2 heterocycles. The molecule has 1 saturated heterocycles. The average molecular weight is 421 g/mol. The van der Waals surface area contributed by atoms with Crippen LogP contribution in [0.3, 0.4) is 0 Å². The summed E-state index contributed by atoms with van der Waals surface area (Å²) >= 11 is 1.33. The number of aliphatic hydroxyl groups is 1. The van der Waals surface area contributed by atoms with E-state index in [1.54, 1.807) is 5.38 Å². The summed E-state index contributed by atoms with van der Waals surface area (Å²) in [5.41, 5.74) is 0.865. The summed E-state index contributed by atoms with van der Waals surface area (Å²) in [7, 11) is 0. The summed E-state index contributed by atoms with van der Waals surface area (Å²) < 4.78 is 5.01. The standard InChI is InChI=1S/C17H19N5O6S/c23-13-7-21(8-13)16-20-14(10-29-16)15(24)18-5-6-19-17(25)28-9-11-1-3-12(4-2-11)22(26)27/h1-4,10,13,23H,5-9H2,(H,18,24)(H,19,25). The molecule has 0 saturated carbocycles. The summed E-state index contributed by atoms with van der Waals surface area (Å²) in [4.78, 5) is 39.9. The minimum Gasteiger partial charge on any atom is -0.445 e. The average Bonchev–Trinajstić information content (AvgIpc) is 3.17. The number of benzene rings is 1. The van der Waals surface area contributed by atoms with Crippen LogP contribution >= 0.6 is 11.3 Å². The fourth-order valence-electron chi connectivity index (χ4n) is 2.47. The number of carbonyl (C=O) groups excluding carboxylic acids is 2. The molecule has 1 aliphatic heterocycles. The summed E-state index contributed by atoms with van der Waals surface area (Å²) in [5.74, 6) is -0.352. The molecule has 1 fully saturated rings. The van der Waals surface area contributed by atoms with Gasteiger partial charge in [0.15, 0.2) is 5.13 Å². The second kappa shape index (κ2) is 9.30. The molecule has 3 rings (SSSR count). The monoisotopic (exact) mass is 421 g/mol. The zero-order valence-electron chi connectivity index (χ0n) is 15.2. The number of alkyl carbamates (subject to hydrolysis) is 1. The molecule has 2 aromatic rings. The first-order valence-electron chi connectivity index (χ1n) is 8.73. The number of hydrogen-bond acceptors (Lipinski definition) is 9. The van der Waals surface area contributed by atoms with E-state index < -0.39 is 11.0 Å². The molecule has 11 nitrogen and oxygen atoms in total. The maximum absolute atomic E-state index is 12.1. The molecule has 3 N–H and O–H groups in total. The van der Waals surface area contributed by atoms with Gasteiger partial charge in [0.05, 0.1) is 11.0 Å². The molecular weight excluding hydrogens is 402 g/mol. The van der Waals surface area contributed by atoms with Crippen LogP contribution in [0.1, 0.15) is 16.1 Å². The lowest BCUT2D eigenvalue weighted by Crippen LogP contribution is -2.50. The number of aromatic nitrogens is 1. The van der Waals surface area contributed by atoms with Crippen molar-refractivity contribution in [3.8, 4) is 0 Å². The number of nitrogens with one attached hydrogen (secondary N) is 2. The third-order valence-electron chi connectivity index (χ3n) is 4.05. The molecule has 0 atom stereocenters. The number of non-ortho nitro benzene ring substituents is 1. The summed E-state index contributed by atoms with van der Waals surface area (Å²) in [6, 6.07) is 5.68. The van der Waals surface area contributed by atoms with Crippen LogP contribution in [-0.2, 0) is 11.3 Å². The Bertz CT molecular complexity index is 881. The topological polar surface area (TPSA) is 147 Å². The van der Waals surface area contributed by atoms with Gasteiger partial charge in [0, 0.05) is 43.7 Å². The molecule has 12 heteroatoms. The number of aliphatic hydroxyl groups excluding tert-OH is 1. The molecule has 1 aliphatic rings. The Morgan fingerprint density at radius 3 is 2.62 bits per heavy atom. The fraction of sp³-hybridized carbons (Fsp3) is 0.353. The van der Waals surface area contributed by atoms with Crippen molar-refractivity contribution in [2.75, 3.05) is 31.1 Å². The predicted molar refractivity (Wildman–Crippen MR) is 104 cm³/mol. The van der Waals surface area contributed by atoms with E-state index in [9.17, 15) is 24.8 Å². The van der Waals surface area contributed by atoms with Crippen LogP contribution in [0.5, 0.6) is 0 Å². The maximum Gasteiger partial charge on any atom is 0.407 e. The molecule has 154 valence electrons. The SMILES string of the molecule is O=C(NCCNC(=O)c1csc(N2CC(O)C2)n1)OCc1ccc([N+](=O)[O-])cc1. The molecule has 0 aliphatic carbocycles. The Morgan fingerprint density at radius 1 is 1.28 bits per heavy atom. The molecule has 0 bridgehead atoms. The van der Waals surface area contributed by atoms with Crippen LogP contribution in [0.15, 0.2) is 29.6 Å². The second-order valence-electron chi connectivity index (χ2n) is 6.26. The number of nitrogens with zero attached hydrogens (tertiary/aromatic N) is 3. The van der Waals surface area contributed by atoms with Crippen LogP contribution < -0.4 is 15.5 Å². The number of ether oxygens (including phenoxy) is 1. The maximum atomic E-state index is 12.1. The Kier molecular flexibility index (Phi) is 6.57. The Balaban J connectivity index is 1.32. The first-order valence-corrected chi connectivity index (χ1v) is 9.61. The lowest BCUT2D eigenvalue weighted by atomic mass is 10.2.